The summed E-state index contributed by atoms with van der Waals surface area (Å²) >= 11 is 5.74. The third kappa shape index (κ3) is 1.40. The van der Waals surface area contributed by atoms with E-state index in [1.807, 2.05) is 0 Å². The van der Waals surface area contributed by atoms with E-state index in [-0.39, 0.29) is 5.88 Å². The molecule has 0 amide bonds. The maximum Gasteiger partial charge on any atom is 0.240 e. The monoisotopic (exact) mass is 209 g/mol. The molecule has 1 aromatic carbocycles. The molecule has 2 rings (SSSR count). The SMILES string of the molecule is Nc1[nH]nc(O)c1-c1ccc(Cl)cc1. The average molecular weight is 210 g/mol. The van der Waals surface area contributed by atoms with Crippen molar-refractivity contribution < 1.29 is 5.11 Å². The Morgan fingerprint density at radius 2 is 1.93 bits per heavy atom. The summed E-state index contributed by atoms with van der Waals surface area (Å²) in [6, 6.07) is 6.98. The number of nitrogens with one attached hydrogen (secondary N) is 1. The summed E-state index contributed by atoms with van der Waals surface area (Å²) in [6.45, 7) is 0. The molecule has 14 heavy (non-hydrogen) atoms. The third-order valence-corrected chi connectivity index (χ3v) is 2.16. The number of benzene rings is 1. The molecule has 0 aliphatic rings. The van der Waals surface area contributed by atoms with Crippen LogP contribution in [0.25, 0.3) is 11.1 Å². The van der Waals surface area contributed by atoms with Gasteiger partial charge in [0.2, 0.25) is 5.88 Å². The van der Waals surface area contributed by atoms with E-state index in [1.54, 1.807) is 24.3 Å². The van der Waals surface area contributed by atoms with Crippen molar-refractivity contribution in [2.45, 2.75) is 0 Å². The Bertz CT molecular complexity index is 430. The van der Waals surface area contributed by atoms with Crippen molar-refractivity contribution in [3.63, 3.8) is 0 Å². The van der Waals surface area contributed by atoms with Gasteiger partial charge in [-0.2, -0.15) is 0 Å². The highest BCUT2D eigenvalue weighted by Crippen LogP contribution is 2.32. The van der Waals surface area contributed by atoms with Crippen LogP contribution in [0.1, 0.15) is 0 Å². The lowest BCUT2D eigenvalue weighted by Gasteiger charge is -1.99. The third-order valence-electron chi connectivity index (χ3n) is 1.91. The number of aromatic amines is 1. The highest BCUT2D eigenvalue weighted by atomic mass is 35.5. The quantitative estimate of drug-likeness (QED) is 0.673. The maximum absolute atomic E-state index is 9.40. The molecule has 1 aromatic heterocycles. The van der Waals surface area contributed by atoms with Gasteiger partial charge in [-0.3, -0.25) is 5.10 Å². The second-order valence-electron chi connectivity index (χ2n) is 2.84. The van der Waals surface area contributed by atoms with E-state index in [4.69, 9.17) is 17.3 Å². The minimum Gasteiger partial charge on any atom is -0.492 e. The summed E-state index contributed by atoms with van der Waals surface area (Å²) < 4.78 is 0. The van der Waals surface area contributed by atoms with E-state index in [1.165, 1.54) is 0 Å². The van der Waals surface area contributed by atoms with Gasteiger partial charge >= 0.3 is 0 Å². The number of hydrogen-bond acceptors (Lipinski definition) is 3. The zero-order valence-corrected chi connectivity index (χ0v) is 7.92. The van der Waals surface area contributed by atoms with Gasteiger partial charge in [0.25, 0.3) is 0 Å². The van der Waals surface area contributed by atoms with Gasteiger partial charge in [-0.15, -0.1) is 5.10 Å². The maximum atomic E-state index is 9.40. The number of nitrogens with zero attached hydrogens (tertiary/aromatic N) is 1. The Balaban J connectivity index is 2.54. The van der Waals surface area contributed by atoms with Gasteiger partial charge in [-0.05, 0) is 17.7 Å². The van der Waals surface area contributed by atoms with Crippen molar-refractivity contribution in [3.8, 4) is 17.0 Å². The van der Waals surface area contributed by atoms with Crippen LogP contribution >= 0.6 is 11.6 Å². The summed E-state index contributed by atoms with van der Waals surface area (Å²) in [6.07, 6.45) is 0. The molecule has 4 N–H and O–H groups in total. The minimum absolute atomic E-state index is 0.107. The van der Waals surface area contributed by atoms with E-state index in [9.17, 15) is 5.11 Å². The van der Waals surface area contributed by atoms with Crippen LogP contribution in [0.4, 0.5) is 5.82 Å². The van der Waals surface area contributed by atoms with Gasteiger partial charge in [0.1, 0.15) is 5.82 Å². The first-order valence-corrected chi connectivity index (χ1v) is 4.35. The largest absolute Gasteiger partial charge is 0.492 e. The van der Waals surface area contributed by atoms with E-state index in [0.717, 1.165) is 5.56 Å². The van der Waals surface area contributed by atoms with Crippen LogP contribution in [0.3, 0.4) is 0 Å². The van der Waals surface area contributed by atoms with Gasteiger partial charge < -0.3 is 10.8 Å². The molecule has 5 heteroatoms. The Kier molecular flexibility index (Phi) is 2.05. The van der Waals surface area contributed by atoms with Crippen LogP contribution in [-0.2, 0) is 0 Å². The number of halogens is 1. The standard InChI is InChI=1S/C9H8ClN3O/c10-6-3-1-5(2-4-6)7-8(11)12-13-9(7)14/h1-4H,(H4,11,12,13,14). The van der Waals surface area contributed by atoms with Gasteiger partial charge in [-0.1, -0.05) is 23.7 Å². The van der Waals surface area contributed by atoms with Crippen LogP contribution in [0.2, 0.25) is 5.02 Å². The molecule has 0 radical (unpaired) electrons. The van der Waals surface area contributed by atoms with Gasteiger partial charge in [0, 0.05) is 5.02 Å². The Morgan fingerprint density at radius 1 is 1.29 bits per heavy atom. The predicted octanol–water partition coefficient (Wildman–Crippen LogP) is 2.02. The molecule has 0 saturated heterocycles. The highest BCUT2D eigenvalue weighted by Gasteiger charge is 2.11. The lowest BCUT2D eigenvalue weighted by Crippen LogP contribution is -1.87. The molecule has 2 aromatic rings. The number of H-pyrrole nitrogens is 1. The Morgan fingerprint density at radius 3 is 2.43 bits per heavy atom. The topological polar surface area (TPSA) is 74.9 Å². The summed E-state index contributed by atoms with van der Waals surface area (Å²) in [5, 5.41) is 16.1. The van der Waals surface area contributed by atoms with Crippen LogP contribution in [0, 0.1) is 0 Å². The number of aromatic nitrogens is 2. The fourth-order valence-electron chi connectivity index (χ4n) is 1.25. The molecule has 0 aliphatic heterocycles. The first kappa shape index (κ1) is 8.90. The highest BCUT2D eigenvalue weighted by molar-refractivity contribution is 6.30. The number of anilines is 1. The first-order chi connectivity index (χ1) is 6.68. The molecule has 0 fully saturated rings. The fourth-order valence-corrected chi connectivity index (χ4v) is 1.37. The molecule has 0 aliphatic carbocycles. The number of aromatic hydroxyl groups is 1. The summed E-state index contributed by atoms with van der Waals surface area (Å²) in [4.78, 5) is 0. The second-order valence-corrected chi connectivity index (χ2v) is 3.28. The van der Waals surface area contributed by atoms with E-state index >= 15 is 0 Å². The number of rotatable bonds is 1. The number of nitrogen functional groups attached to an aromatic ring is 1. The average Bonchev–Trinajstić information content (AvgIpc) is 2.49. The molecular formula is C9H8ClN3O. The van der Waals surface area contributed by atoms with Crippen LogP contribution in [0.15, 0.2) is 24.3 Å². The van der Waals surface area contributed by atoms with Gasteiger partial charge in [0.05, 0.1) is 5.56 Å². The van der Waals surface area contributed by atoms with Crippen LogP contribution < -0.4 is 5.73 Å². The van der Waals surface area contributed by atoms with Crippen molar-refractivity contribution >= 4 is 17.4 Å². The molecule has 72 valence electrons. The smallest absolute Gasteiger partial charge is 0.240 e. The predicted molar refractivity (Wildman–Crippen MR) is 55.1 cm³/mol. The first-order valence-electron chi connectivity index (χ1n) is 3.97. The van der Waals surface area contributed by atoms with E-state index < -0.39 is 0 Å². The molecule has 0 bridgehead atoms. The molecule has 1 heterocycles. The summed E-state index contributed by atoms with van der Waals surface area (Å²) in [7, 11) is 0. The van der Waals surface area contributed by atoms with Gasteiger partial charge in [-0.25, -0.2) is 0 Å². The lowest BCUT2D eigenvalue weighted by atomic mass is 10.1. The second kappa shape index (κ2) is 3.23. The van der Waals surface area contributed by atoms with Crippen molar-refractivity contribution in [3.05, 3.63) is 29.3 Å². The van der Waals surface area contributed by atoms with Crippen molar-refractivity contribution in [1.29, 1.82) is 0 Å². The number of hydrogen-bond donors (Lipinski definition) is 3. The molecular weight excluding hydrogens is 202 g/mol. The molecule has 0 atom stereocenters. The van der Waals surface area contributed by atoms with Crippen LogP contribution in [0.5, 0.6) is 5.88 Å². The number of nitrogens with two attached hydrogens (primary N) is 1. The molecule has 0 spiro atoms. The lowest BCUT2D eigenvalue weighted by molar-refractivity contribution is 0.454. The van der Waals surface area contributed by atoms with Crippen molar-refractivity contribution in [2.24, 2.45) is 0 Å². The van der Waals surface area contributed by atoms with E-state index in [0.29, 0.717) is 16.4 Å². The Hall–Kier alpha value is -1.68. The molecule has 4 nitrogen and oxygen atoms in total. The fraction of sp³-hybridized carbons (Fsp3) is 0. The van der Waals surface area contributed by atoms with Crippen molar-refractivity contribution in [2.75, 3.05) is 5.73 Å². The minimum atomic E-state index is -0.107. The molecule has 0 unspecified atom stereocenters. The van der Waals surface area contributed by atoms with E-state index in [2.05, 4.69) is 10.2 Å². The summed E-state index contributed by atoms with van der Waals surface area (Å²) in [5.41, 5.74) is 6.88. The molecule has 0 saturated carbocycles. The normalized spacial score (nSPS) is 10.4. The zero-order chi connectivity index (χ0) is 10.1. The zero-order valence-electron chi connectivity index (χ0n) is 7.16. The van der Waals surface area contributed by atoms with Crippen LogP contribution in [-0.4, -0.2) is 15.3 Å². The Labute approximate surface area is 85.3 Å². The summed E-state index contributed by atoms with van der Waals surface area (Å²) in [5.74, 6) is 0.231. The van der Waals surface area contributed by atoms with Gasteiger partial charge in [0.15, 0.2) is 0 Å². The van der Waals surface area contributed by atoms with Crippen molar-refractivity contribution in [1.82, 2.24) is 10.2 Å².